The molecule has 0 saturated carbocycles. The molecule has 1 amide bonds. The minimum atomic E-state index is -0.237. The third-order valence-electron chi connectivity index (χ3n) is 3.65. The van der Waals surface area contributed by atoms with Crippen molar-refractivity contribution in [2.75, 3.05) is 19.1 Å². The van der Waals surface area contributed by atoms with Crippen LogP contribution in [-0.2, 0) is 4.79 Å². The van der Waals surface area contributed by atoms with Gasteiger partial charge in [0.15, 0.2) is 15.8 Å². The maximum absolute atomic E-state index is 12.8. The van der Waals surface area contributed by atoms with Crippen LogP contribution >= 0.6 is 47.2 Å². The Morgan fingerprint density at radius 2 is 1.81 bits per heavy atom. The summed E-state index contributed by atoms with van der Waals surface area (Å²) in [5.41, 5.74) is 1.31. The number of nitrogens with zero attached hydrogens (tertiary/aromatic N) is 1. The zero-order valence-corrected chi connectivity index (χ0v) is 16.9. The van der Waals surface area contributed by atoms with Gasteiger partial charge in [-0.2, -0.15) is 0 Å². The summed E-state index contributed by atoms with van der Waals surface area (Å²) >= 11 is 18.7. The first-order valence-electron chi connectivity index (χ1n) is 7.39. The quantitative estimate of drug-likeness (QED) is 0.483. The Morgan fingerprint density at radius 3 is 2.46 bits per heavy atom. The summed E-state index contributed by atoms with van der Waals surface area (Å²) in [6.07, 6.45) is 1.76. The summed E-state index contributed by atoms with van der Waals surface area (Å²) in [7, 11) is 3.13. The highest BCUT2D eigenvalue weighted by atomic mass is 35.5. The molecule has 26 heavy (non-hydrogen) atoms. The number of halogens is 2. The molecule has 4 nitrogen and oxygen atoms in total. The number of thiocarbonyl (C=S) groups is 1. The number of carbonyl (C=O) groups excluding carboxylic acids is 1. The maximum atomic E-state index is 12.8. The van der Waals surface area contributed by atoms with E-state index in [9.17, 15) is 4.79 Å². The van der Waals surface area contributed by atoms with E-state index in [1.807, 2.05) is 6.07 Å². The highest BCUT2D eigenvalue weighted by Crippen LogP contribution is 2.40. The van der Waals surface area contributed by atoms with Gasteiger partial charge in [0.05, 0.1) is 29.8 Å². The van der Waals surface area contributed by atoms with Crippen LogP contribution in [0.5, 0.6) is 11.5 Å². The summed E-state index contributed by atoms with van der Waals surface area (Å²) < 4.78 is 10.9. The molecule has 1 fully saturated rings. The van der Waals surface area contributed by atoms with Crippen molar-refractivity contribution in [1.82, 2.24) is 0 Å². The van der Waals surface area contributed by atoms with E-state index in [1.54, 1.807) is 50.6 Å². The summed E-state index contributed by atoms with van der Waals surface area (Å²) in [4.78, 5) is 14.7. The Balaban J connectivity index is 1.95. The molecule has 1 saturated heterocycles. The molecule has 0 bridgehead atoms. The molecule has 2 aromatic rings. The lowest BCUT2D eigenvalue weighted by atomic mass is 10.2. The van der Waals surface area contributed by atoms with Gasteiger partial charge in [0.2, 0.25) is 0 Å². The van der Waals surface area contributed by atoms with Crippen molar-refractivity contribution in [2.45, 2.75) is 0 Å². The molecule has 1 aliphatic heterocycles. The Kier molecular flexibility index (Phi) is 5.77. The molecule has 0 N–H and O–H groups in total. The molecule has 134 valence electrons. The van der Waals surface area contributed by atoms with E-state index in [2.05, 4.69) is 0 Å². The number of benzene rings is 2. The molecule has 0 spiro atoms. The van der Waals surface area contributed by atoms with Crippen molar-refractivity contribution in [3.8, 4) is 11.5 Å². The smallest absolute Gasteiger partial charge is 0.270 e. The lowest BCUT2D eigenvalue weighted by molar-refractivity contribution is -0.113. The van der Waals surface area contributed by atoms with Crippen LogP contribution in [-0.4, -0.2) is 24.4 Å². The molecule has 1 heterocycles. The number of thioether (sulfide) groups is 1. The summed E-state index contributed by atoms with van der Waals surface area (Å²) in [5.74, 6) is 0.960. The van der Waals surface area contributed by atoms with Crippen LogP contribution in [0.1, 0.15) is 5.56 Å². The van der Waals surface area contributed by atoms with Gasteiger partial charge in [0.25, 0.3) is 5.91 Å². The fraction of sp³-hybridized carbons (Fsp3) is 0.111. The van der Waals surface area contributed by atoms with Crippen molar-refractivity contribution in [3.63, 3.8) is 0 Å². The molecule has 1 aliphatic rings. The number of amides is 1. The molecular weight excluding hydrogens is 413 g/mol. The predicted molar refractivity (Wildman–Crippen MR) is 112 cm³/mol. The van der Waals surface area contributed by atoms with Crippen LogP contribution in [0, 0.1) is 0 Å². The van der Waals surface area contributed by atoms with Gasteiger partial charge in [0, 0.05) is 5.02 Å². The Hall–Kier alpha value is -1.73. The Morgan fingerprint density at radius 1 is 1.08 bits per heavy atom. The average molecular weight is 426 g/mol. The van der Waals surface area contributed by atoms with Crippen LogP contribution in [0.4, 0.5) is 5.69 Å². The lowest BCUT2D eigenvalue weighted by Gasteiger charge is -2.16. The number of ether oxygens (including phenoxy) is 2. The van der Waals surface area contributed by atoms with Gasteiger partial charge < -0.3 is 9.47 Å². The van der Waals surface area contributed by atoms with Crippen molar-refractivity contribution < 1.29 is 14.3 Å². The third-order valence-corrected chi connectivity index (χ3v) is 5.49. The largest absolute Gasteiger partial charge is 0.493 e. The number of anilines is 1. The molecule has 8 heteroatoms. The zero-order valence-electron chi connectivity index (χ0n) is 13.8. The van der Waals surface area contributed by atoms with Crippen LogP contribution in [0.2, 0.25) is 10.0 Å². The maximum Gasteiger partial charge on any atom is 0.270 e. The minimum absolute atomic E-state index is 0.237. The van der Waals surface area contributed by atoms with Gasteiger partial charge >= 0.3 is 0 Å². The van der Waals surface area contributed by atoms with Crippen molar-refractivity contribution in [1.29, 1.82) is 0 Å². The standard InChI is InChI=1S/C18H13Cl2NO3S2/c1-23-14-6-3-10(7-15(14)24-2)8-16-17(22)21(18(25)26-16)13-5-4-11(19)9-12(13)20/h3-9H,1-2H3. The molecule has 2 aromatic carbocycles. The SMILES string of the molecule is COc1ccc(C=C2SC(=S)N(c3ccc(Cl)cc3Cl)C2=O)cc1OC. The first-order valence-corrected chi connectivity index (χ1v) is 9.37. The summed E-state index contributed by atoms with van der Waals surface area (Å²) in [6.45, 7) is 0. The molecule has 3 rings (SSSR count). The van der Waals surface area contributed by atoms with Crippen LogP contribution in [0.3, 0.4) is 0 Å². The van der Waals surface area contributed by atoms with Crippen molar-refractivity contribution in [3.05, 3.63) is 56.9 Å². The van der Waals surface area contributed by atoms with Crippen LogP contribution < -0.4 is 14.4 Å². The van der Waals surface area contributed by atoms with Crippen LogP contribution in [0.25, 0.3) is 6.08 Å². The number of methoxy groups -OCH3 is 2. The predicted octanol–water partition coefficient (Wildman–Crippen LogP) is 5.42. The number of hydrogen-bond acceptors (Lipinski definition) is 5. The fourth-order valence-corrected chi connectivity index (χ4v) is 4.21. The summed E-state index contributed by atoms with van der Waals surface area (Å²) in [5, 5.41) is 0.853. The molecule has 0 unspecified atom stereocenters. The van der Waals surface area contributed by atoms with Gasteiger partial charge in [-0.25, -0.2) is 0 Å². The fourth-order valence-electron chi connectivity index (χ4n) is 2.43. The van der Waals surface area contributed by atoms with Crippen molar-refractivity contribution in [2.24, 2.45) is 0 Å². The Labute approximate surface area is 170 Å². The minimum Gasteiger partial charge on any atom is -0.493 e. The molecule has 0 aromatic heterocycles. The van der Waals surface area contributed by atoms with E-state index < -0.39 is 0 Å². The van der Waals surface area contributed by atoms with Crippen molar-refractivity contribution >= 4 is 69.2 Å². The van der Waals surface area contributed by atoms with Gasteiger partial charge in [-0.15, -0.1) is 0 Å². The molecule has 0 aliphatic carbocycles. The van der Waals surface area contributed by atoms with E-state index in [0.29, 0.717) is 36.5 Å². The van der Waals surface area contributed by atoms with Gasteiger partial charge in [-0.3, -0.25) is 9.69 Å². The highest BCUT2D eigenvalue weighted by Gasteiger charge is 2.34. The van der Waals surface area contributed by atoms with E-state index in [0.717, 1.165) is 5.56 Å². The average Bonchev–Trinajstić information content (AvgIpc) is 2.89. The third kappa shape index (κ3) is 3.69. The first-order chi connectivity index (χ1) is 12.4. The molecule has 0 atom stereocenters. The van der Waals surface area contributed by atoms with Crippen LogP contribution in [0.15, 0.2) is 41.3 Å². The van der Waals surface area contributed by atoms with E-state index in [4.69, 9.17) is 44.9 Å². The second kappa shape index (κ2) is 7.88. The number of carbonyl (C=O) groups is 1. The van der Waals surface area contributed by atoms with E-state index in [1.165, 1.54) is 16.7 Å². The lowest BCUT2D eigenvalue weighted by Crippen LogP contribution is -2.27. The molecular formula is C18H13Cl2NO3S2. The van der Waals surface area contributed by atoms with E-state index in [-0.39, 0.29) is 5.91 Å². The topological polar surface area (TPSA) is 38.8 Å². The number of hydrogen-bond donors (Lipinski definition) is 0. The van der Waals surface area contributed by atoms with Gasteiger partial charge in [-0.1, -0.05) is 53.2 Å². The first kappa shape index (κ1) is 19.0. The highest BCUT2D eigenvalue weighted by molar-refractivity contribution is 8.27. The second-order valence-electron chi connectivity index (χ2n) is 5.23. The van der Waals surface area contributed by atoms with Gasteiger partial charge in [-0.05, 0) is 42.0 Å². The summed E-state index contributed by atoms with van der Waals surface area (Å²) in [6, 6.07) is 10.3. The Bertz CT molecular complexity index is 931. The zero-order chi connectivity index (χ0) is 18.8. The van der Waals surface area contributed by atoms with Gasteiger partial charge in [0.1, 0.15) is 0 Å². The monoisotopic (exact) mass is 425 g/mol. The molecule has 0 radical (unpaired) electrons. The number of rotatable bonds is 4. The van der Waals surface area contributed by atoms with E-state index >= 15 is 0 Å². The normalized spacial score (nSPS) is 15.7. The second-order valence-corrected chi connectivity index (χ2v) is 7.75.